The maximum absolute atomic E-state index is 11.9. The largest absolute Gasteiger partial charge is 0.465 e. The quantitative estimate of drug-likeness (QED) is 0.553. The van der Waals surface area contributed by atoms with Crippen molar-refractivity contribution in [2.45, 2.75) is 31.4 Å². The van der Waals surface area contributed by atoms with E-state index in [1.165, 1.54) is 0 Å². The normalized spacial score (nSPS) is 18.6. The van der Waals surface area contributed by atoms with Gasteiger partial charge >= 0.3 is 11.9 Å². The molecule has 1 aliphatic rings. The lowest BCUT2D eigenvalue weighted by Crippen LogP contribution is -2.49. The molecule has 0 radical (unpaired) electrons. The van der Waals surface area contributed by atoms with Crippen LogP contribution in [0.1, 0.15) is 26.7 Å². The van der Waals surface area contributed by atoms with Crippen LogP contribution in [0.4, 0.5) is 0 Å². The Morgan fingerprint density at radius 2 is 1.76 bits per heavy atom. The number of carbonyl (C=O) groups is 3. The van der Waals surface area contributed by atoms with E-state index in [1.807, 2.05) is 0 Å². The molecule has 0 aromatic carbocycles. The van der Waals surface area contributed by atoms with Gasteiger partial charge in [-0.05, 0) is 20.3 Å². The average molecular weight is 260 g/mol. The summed E-state index contributed by atoms with van der Waals surface area (Å²) >= 11 is 1.02. The Morgan fingerprint density at radius 1 is 1.24 bits per heavy atom. The molecule has 0 aromatic heterocycles. The van der Waals surface area contributed by atoms with Gasteiger partial charge in [0.2, 0.25) is 4.75 Å². The van der Waals surface area contributed by atoms with E-state index in [0.717, 1.165) is 11.8 Å². The summed E-state index contributed by atoms with van der Waals surface area (Å²) in [5.41, 5.74) is 0. The van der Waals surface area contributed by atoms with Crippen LogP contribution in [0.5, 0.6) is 0 Å². The van der Waals surface area contributed by atoms with E-state index in [2.05, 4.69) is 0 Å². The van der Waals surface area contributed by atoms with Gasteiger partial charge in [-0.1, -0.05) is 0 Å². The molecule has 0 amide bonds. The van der Waals surface area contributed by atoms with E-state index in [0.29, 0.717) is 0 Å². The summed E-state index contributed by atoms with van der Waals surface area (Å²) in [7, 11) is 0. The Hall–Kier alpha value is -1.04. The van der Waals surface area contributed by atoms with Gasteiger partial charge in [0.15, 0.2) is 0 Å². The van der Waals surface area contributed by atoms with E-state index in [1.54, 1.807) is 13.8 Å². The van der Waals surface area contributed by atoms with Crippen LogP contribution < -0.4 is 0 Å². The third-order valence-corrected chi connectivity index (χ3v) is 3.94. The zero-order valence-electron chi connectivity index (χ0n) is 9.99. The number of hydrogen-bond donors (Lipinski definition) is 0. The molecule has 0 saturated carbocycles. The van der Waals surface area contributed by atoms with Crippen molar-refractivity contribution in [2.24, 2.45) is 0 Å². The number of thioether (sulfide) groups is 1. The lowest BCUT2D eigenvalue weighted by Gasteiger charge is -2.30. The third-order valence-electron chi connectivity index (χ3n) is 2.45. The van der Waals surface area contributed by atoms with Gasteiger partial charge in [0, 0.05) is 6.42 Å². The highest BCUT2D eigenvalue weighted by molar-refractivity contribution is 8.02. The molecule has 0 bridgehead atoms. The Balaban J connectivity index is 2.88. The number of ether oxygens (including phenoxy) is 2. The van der Waals surface area contributed by atoms with E-state index in [9.17, 15) is 14.4 Å². The zero-order valence-corrected chi connectivity index (χ0v) is 10.8. The zero-order chi connectivity index (χ0) is 12.9. The maximum Gasteiger partial charge on any atom is 0.333 e. The van der Waals surface area contributed by atoms with Crippen LogP contribution >= 0.6 is 11.8 Å². The minimum atomic E-state index is -1.35. The van der Waals surface area contributed by atoms with Crippen LogP contribution in [0, 0.1) is 0 Å². The predicted molar refractivity (Wildman–Crippen MR) is 62.7 cm³/mol. The van der Waals surface area contributed by atoms with Crippen LogP contribution in [0.15, 0.2) is 0 Å². The second kappa shape index (κ2) is 6.05. The second-order valence-electron chi connectivity index (χ2n) is 3.60. The van der Waals surface area contributed by atoms with Crippen LogP contribution in [0.3, 0.4) is 0 Å². The minimum absolute atomic E-state index is 0.0409. The number of Topliss-reactive ketones (excluding diaryl/α,β-unsaturated/α-hetero) is 1. The van der Waals surface area contributed by atoms with Crippen molar-refractivity contribution in [1.82, 2.24) is 0 Å². The van der Waals surface area contributed by atoms with Crippen LogP contribution in [0.2, 0.25) is 0 Å². The third kappa shape index (κ3) is 3.00. The molecular weight excluding hydrogens is 244 g/mol. The molecule has 1 heterocycles. The van der Waals surface area contributed by atoms with Gasteiger partial charge in [-0.25, -0.2) is 9.59 Å². The van der Waals surface area contributed by atoms with Gasteiger partial charge < -0.3 is 9.47 Å². The van der Waals surface area contributed by atoms with E-state index < -0.39 is 16.7 Å². The molecule has 0 aromatic rings. The van der Waals surface area contributed by atoms with Crippen molar-refractivity contribution in [3.63, 3.8) is 0 Å². The highest BCUT2D eigenvalue weighted by Gasteiger charge is 2.51. The van der Waals surface area contributed by atoms with Gasteiger partial charge in [-0.3, -0.25) is 4.79 Å². The molecule has 0 spiro atoms. The fourth-order valence-electron chi connectivity index (χ4n) is 1.56. The molecule has 0 unspecified atom stereocenters. The summed E-state index contributed by atoms with van der Waals surface area (Å²) in [4.78, 5) is 35.0. The number of carbonyl (C=O) groups excluding carboxylic acids is 3. The van der Waals surface area contributed by atoms with Crippen LogP contribution in [0.25, 0.3) is 0 Å². The minimum Gasteiger partial charge on any atom is -0.465 e. The van der Waals surface area contributed by atoms with E-state index in [4.69, 9.17) is 9.47 Å². The SMILES string of the molecule is CCOC(=O)C1(C(=O)OCC)CCC(=O)CS1. The Labute approximate surface area is 104 Å². The first-order chi connectivity index (χ1) is 8.06. The van der Waals surface area contributed by atoms with Gasteiger partial charge in [0.25, 0.3) is 0 Å². The first kappa shape index (κ1) is 14.0. The average Bonchev–Trinajstić information content (AvgIpc) is 2.31. The number of hydrogen-bond acceptors (Lipinski definition) is 6. The molecule has 1 fully saturated rings. The Bertz CT molecular complexity index is 296. The summed E-state index contributed by atoms with van der Waals surface area (Å²) in [5, 5.41) is 0. The molecule has 17 heavy (non-hydrogen) atoms. The van der Waals surface area contributed by atoms with Gasteiger partial charge in [0.05, 0.1) is 19.0 Å². The van der Waals surface area contributed by atoms with E-state index >= 15 is 0 Å². The molecule has 1 rings (SSSR count). The summed E-state index contributed by atoms with van der Waals surface area (Å²) in [6, 6.07) is 0. The summed E-state index contributed by atoms with van der Waals surface area (Å²) in [5.74, 6) is -1.01. The lowest BCUT2D eigenvalue weighted by molar-refractivity contribution is -0.159. The molecule has 1 aliphatic heterocycles. The highest BCUT2D eigenvalue weighted by Crippen LogP contribution is 2.37. The Kier molecular flexibility index (Phi) is 4.99. The van der Waals surface area contributed by atoms with Gasteiger partial charge in [-0.15, -0.1) is 11.8 Å². The molecule has 0 atom stereocenters. The molecule has 6 heteroatoms. The predicted octanol–water partition coefficient (Wildman–Crippen LogP) is 0.947. The van der Waals surface area contributed by atoms with Gasteiger partial charge in [-0.2, -0.15) is 0 Å². The molecular formula is C11H16O5S. The smallest absolute Gasteiger partial charge is 0.333 e. The number of esters is 2. The van der Waals surface area contributed by atoms with Crippen molar-refractivity contribution in [1.29, 1.82) is 0 Å². The molecule has 96 valence electrons. The summed E-state index contributed by atoms with van der Waals surface area (Å²) in [6.45, 7) is 3.76. The van der Waals surface area contributed by atoms with Crippen molar-refractivity contribution in [3.8, 4) is 0 Å². The van der Waals surface area contributed by atoms with E-state index in [-0.39, 0.29) is 37.6 Å². The van der Waals surface area contributed by atoms with Crippen LogP contribution in [-0.4, -0.2) is 41.4 Å². The topological polar surface area (TPSA) is 69.7 Å². The number of ketones is 1. The van der Waals surface area contributed by atoms with Crippen molar-refractivity contribution in [3.05, 3.63) is 0 Å². The molecule has 1 saturated heterocycles. The molecule has 0 aliphatic carbocycles. The first-order valence-corrected chi connectivity index (χ1v) is 6.55. The van der Waals surface area contributed by atoms with Crippen molar-refractivity contribution < 1.29 is 23.9 Å². The Morgan fingerprint density at radius 3 is 2.12 bits per heavy atom. The lowest BCUT2D eigenvalue weighted by atomic mass is 10.00. The summed E-state index contributed by atoms with van der Waals surface area (Å²) in [6.07, 6.45) is 0.374. The number of rotatable bonds is 4. The standard InChI is InChI=1S/C11H16O5S/c1-3-15-9(13)11(10(14)16-4-2)6-5-8(12)7-17-11/h3-7H2,1-2H3. The van der Waals surface area contributed by atoms with Crippen molar-refractivity contribution in [2.75, 3.05) is 19.0 Å². The first-order valence-electron chi connectivity index (χ1n) is 5.57. The highest BCUT2D eigenvalue weighted by atomic mass is 32.2. The fraction of sp³-hybridized carbons (Fsp3) is 0.727. The molecule has 5 nitrogen and oxygen atoms in total. The fourth-order valence-corrected chi connectivity index (χ4v) is 2.72. The maximum atomic E-state index is 11.9. The van der Waals surface area contributed by atoms with Gasteiger partial charge in [0.1, 0.15) is 5.78 Å². The summed E-state index contributed by atoms with van der Waals surface area (Å²) < 4.78 is 8.48. The molecule has 0 N–H and O–H groups in total. The monoisotopic (exact) mass is 260 g/mol. The van der Waals surface area contributed by atoms with Crippen molar-refractivity contribution >= 4 is 29.5 Å². The van der Waals surface area contributed by atoms with Crippen LogP contribution in [-0.2, 0) is 23.9 Å². The second-order valence-corrected chi connectivity index (χ2v) is 4.87.